The van der Waals surface area contributed by atoms with E-state index < -0.39 is 6.04 Å². The molecule has 7 nitrogen and oxygen atoms in total. The minimum absolute atomic E-state index is 0.257. The highest BCUT2D eigenvalue weighted by Gasteiger charge is 2.35. The number of benzene rings is 2. The molecule has 1 atom stereocenters. The zero-order valence-corrected chi connectivity index (χ0v) is 17.1. The van der Waals surface area contributed by atoms with Crippen LogP contribution in [-0.2, 0) is 4.79 Å². The third kappa shape index (κ3) is 3.79. The van der Waals surface area contributed by atoms with E-state index in [9.17, 15) is 4.79 Å². The molecule has 1 aliphatic rings. The number of ether oxygens (including phenoxy) is 1. The number of allylic oxidation sites excluding steroid dienone is 1. The summed E-state index contributed by atoms with van der Waals surface area (Å²) in [5.41, 5.74) is 2.64. The lowest BCUT2D eigenvalue weighted by molar-refractivity contribution is -0.113. The summed E-state index contributed by atoms with van der Waals surface area (Å²) in [5, 5.41) is 11.1. The molecule has 1 amide bonds. The van der Waals surface area contributed by atoms with Crippen molar-refractivity contribution in [2.75, 3.05) is 17.2 Å². The summed E-state index contributed by atoms with van der Waals surface area (Å²) in [5.74, 6) is 0.946. The Labute approximate surface area is 179 Å². The molecule has 1 aliphatic heterocycles. The second kappa shape index (κ2) is 8.42. The van der Waals surface area contributed by atoms with Gasteiger partial charge >= 0.3 is 0 Å². The average Bonchev–Trinajstić information content (AvgIpc) is 3.21. The number of fused-ring (bicyclic) bond motifs is 1. The Morgan fingerprint density at radius 3 is 2.83 bits per heavy atom. The predicted molar refractivity (Wildman–Crippen MR) is 117 cm³/mol. The molecule has 0 unspecified atom stereocenters. The highest BCUT2D eigenvalue weighted by molar-refractivity contribution is 6.30. The molecule has 30 heavy (non-hydrogen) atoms. The van der Waals surface area contributed by atoms with Gasteiger partial charge < -0.3 is 15.4 Å². The second-order valence-corrected chi connectivity index (χ2v) is 7.13. The normalized spacial score (nSPS) is 15.2. The monoisotopic (exact) mass is 421 g/mol. The Balaban J connectivity index is 1.77. The van der Waals surface area contributed by atoms with Gasteiger partial charge in [0.1, 0.15) is 24.7 Å². The number of carbonyl (C=O) groups is 1. The smallest absolute Gasteiger partial charge is 0.255 e. The van der Waals surface area contributed by atoms with Gasteiger partial charge in [0.05, 0.1) is 5.57 Å². The summed E-state index contributed by atoms with van der Waals surface area (Å²) in [6.45, 7) is 5.90. The number of hydrogen-bond donors (Lipinski definition) is 2. The molecule has 2 heterocycles. The van der Waals surface area contributed by atoms with Crippen molar-refractivity contribution in [3.63, 3.8) is 0 Å². The lowest BCUT2D eigenvalue weighted by Crippen LogP contribution is -2.31. The third-order valence-corrected chi connectivity index (χ3v) is 4.96. The molecule has 0 saturated carbocycles. The minimum Gasteiger partial charge on any atom is -0.489 e. The van der Waals surface area contributed by atoms with Gasteiger partial charge in [-0.1, -0.05) is 42.5 Å². The number of para-hydroxylation sites is 1. The quantitative estimate of drug-likeness (QED) is 0.575. The Morgan fingerprint density at radius 1 is 1.30 bits per heavy atom. The summed E-state index contributed by atoms with van der Waals surface area (Å²) in [6, 6.07) is 14.0. The van der Waals surface area contributed by atoms with Crippen LogP contribution in [0, 0.1) is 0 Å². The standard InChI is InChI=1S/C22H20ClN5O2/c1-3-12-30-18-7-5-4-6-17(18)20-19(14(2)26-22-24-13-25-28(20)22)21(29)27-16-10-8-15(23)9-11-16/h3-11,13,20H,1,12H2,2H3,(H,27,29)(H,24,25,26)/t20-/m0/s1. The van der Waals surface area contributed by atoms with Crippen molar-refractivity contribution in [3.05, 3.63) is 89.4 Å². The number of nitrogens with one attached hydrogen (secondary N) is 2. The number of halogens is 1. The van der Waals surface area contributed by atoms with Gasteiger partial charge in [0.15, 0.2) is 0 Å². The predicted octanol–water partition coefficient (Wildman–Crippen LogP) is 4.42. The lowest BCUT2D eigenvalue weighted by Gasteiger charge is -2.29. The molecule has 8 heteroatoms. The van der Waals surface area contributed by atoms with Gasteiger partial charge in [0.2, 0.25) is 5.95 Å². The largest absolute Gasteiger partial charge is 0.489 e. The molecule has 0 aliphatic carbocycles. The maximum absolute atomic E-state index is 13.3. The molecule has 3 aromatic rings. The topological polar surface area (TPSA) is 81.1 Å². The maximum Gasteiger partial charge on any atom is 0.255 e. The van der Waals surface area contributed by atoms with Crippen LogP contribution in [0.4, 0.5) is 11.6 Å². The first-order chi connectivity index (χ1) is 14.6. The van der Waals surface area contributed by atoms with Crippen LogP contribution in [0.5, 0.6) is 5.75 Å². The first-order valence-corrected chi connectivity index (χ1v) is 9.73. The molecule has 0 radical (unpaired) electrons. The number of carbonyl (C=O) groups excluding carboxylic acids is 1. The van der Waals surface area contributed by atoms with Gasteiger partial charge in [-0.15, -0.1) is 0 Å². The fourth-order valence-electron chi connectivity index (χ4n) is 3.39. The van der Waals surface area contributed by atoms with E-state index in [1.165, 1.54) is 6.33 Å². The van der Waals surface area contributed by atoms with Crippen LogP contribution in [0.2, 0.25) is 5.02 Å². The van der Waals surface area contributed by atoms with Crippen LogP contribution >= 0.6 is 11.6 Å². The first-order valence-electron chi connectivity index (χ1n) is 9.35. The Bertz CT molecular complexity index is 1120. The summed E-state index contributed by atoms with van der Waals surface area (Å²) < 4.78 is 7.54. The highest BCUT2D eigenvalue weighted by Crippen LogP contribution is 2.39. The maximum atomic E-state index is 13.3. The van der Waals surface area contributed by atoms with Gasteiger partial charge in [-0.2, -0.15) is 10.1 Å². The van der Waals surface area contributed by atoms with Crippen molar-refractivity contribution in [3.8, 4) is 5.75 Å². The summed E-state index contributed by atoms with van der Waals surface area (Å²) in [7, 11) is 0. The fraction of sp³-hybridized carbons (Fsp3) is 0.136. The number of nitrogens with zero attached hydrogens (tertiary/aromatic N) is 3. The van der Waals surface area contributed by atoms with Crippen LogP contribution in [0.3, 0.4) is 0 Å². The average molecular weight is 422 g/mol. The van der Waals surface area contributed by atoms with Gasteiger partial charge in [-0.25, -0.2) is 4.68 Å². The molecule has 0 fully saturated rings. The van der Waals surface area contributed by atoms with Crippen molar-refractivity contribution in [2.45, 2.75) is 13.0 Å². The van der Waals surface area contributed by atoms with E-state index >= 15 is 0 Å². The third-order valence-electron chi connectivity index (χ3n) is 4.71. The van der Waals surface area contributed by atoms with Crippen molar-refractivity contribution >= 4 is 29.1 Å². The lowest BCUT2D eigenvalue weighted by atomic mass is 9.94. The van der Waals surface area contributed by atoms with Gasteiger partial charge in [0, 0.05) is 22.0 Å². The van der Waals surface area contributed by atoms with E-state index in [0.717, 1.165) is 5.56 Å². The van der Waals surface area contributed by atoms with Gasteiger partial charge in [-0.3, -0.25) is 4.79 Å². The Morgan fingerprint density at radius 2 is 2.07 bits per heavy atom. The minimum atomic E-state index is -0.517. The van der Waals surface area contributed by atoms with E-state index in [-0.39, 0.29) is 5.91 Å². The van der Waals surface area contributed by atoms with Crippen molar-refractivity contribution < 1.29 is 9.53 Å². The summed E-state index contributed by atoms with van der Waals surface area (Å²) in [4.78, 5) is 17.6. The number of hydrogen-bond acceptors (Lipinski definition) is 5. The first kappa shape index (κ1) is 19.7. The number of anilines is 2. The van der Waals surface area contributed by atoms with Crippen molar-refractivity contribution in [2.24, 2.45) is 0 Å². The van der Waals surface area contributed by atoms with Crippen LogP contribution in [0.25, 0.3) is 0 Å². The number of aromatic nitrogens is 3. The molecular weight excluding hydrogens is 402 g/mol. The highest BCUT2D eigenvalue weighted by atomic mass is 35.5. The number of rotatable bonds is 6. The van der Waals surface area contributed by atoms with Crippen LogP contribution in [0.15, 0.2) is 78.8 Å². The van der Waals surface area contributed by atoms with Crippen molar-refractivity contribution in [1.82, 2.24) is 14.8 Å². The molecule has 2 aromatic carbocycles. The molecule has 1 aromatic heterocycles. The van der Waals surface area contributed by atoms with Crippen LogP contribution in [0.1, 0.15) is 18.5 Å². The van der Waals surface area contributed by atoms with Gasteiger partial charge in [0.25, 0.3) is 5.91 Å². The number of amides is 1. The zero-order valence-electron chi connectivity index (χ0n) is 16.3. The molecular formula is C22H20ClN5O2. The molecule has 152 valence electrons. The van der Waals surface area contributed by atoms with E-state index in [1.54, 1.807) is 35.0 Å². The Hall–Kier alpha value is -3.58. The molecule has 4 rings (SSSR count). The van der Waals surface area contributed by atoms with Gasteiger partial charge in [-0.05, 0) is 37.3 Å². The van der Waals surface area contributed by atoms with Crippen molar-refractivity contribution in [1.29, 1.82) is 0 Å². The van der Waals surface area contributed by atoms with E-state index in [4.69, 9.17) is 16.3 Å². The van der Waals surface area contributed by atoms with E-state index in [0.29, 0.717) is 40.3 Å². The molecule has 2 N–H and O–H groups in total. The molecule has 0 saturated heterocycles. The second-order valence-electron chi connectivity index (χ2n) is 6.69. The molecule has 0 spiro atoms. The summed E-state index contributed by atoms with van der Waals surface area (Å²) >= 11 is 5.95. The van der Waals surface area contributed by atoms with Crippen LogP contribution in [-0.4, -0.2) is 27.3 Å². The van der Waals surface area contributed by atoms with Crippen LogP contribution < -0.4 is 15.4 Å². The Kier molecular flexibility index (Phi) is 5.54. The van der Waals surface area contributed by atoms with E-state index in [1.807, 2.05) is 31.2 Å². The fourth-order valence-corrected chi connectivity index (χ4v) is 3.52. The zero-order chi connectivity index (χ0) is 21.1. The van der Waals surface area contributed by atoms with E-state index in [2.05, 4.69) is 27.3 Å². The summed E-state index contributed by atoms with van der Waals surface area (Å²) in [6.07, 6.45) is 3.13. The molecule has 0 bridgehead atoms. The SMILES string of the molecule is C=CCOc1ccccc1[C@H]1C(C(=O)Nc2ccc(Cl)cc2)=C(C)Nc2ncnn21.